The van der Waals surface area contributed by atoms with Gasteiger partial charge in [0.25, 0.3) is 5.92 Å². The van der Waals surface area contributed by atoms with Crippen molar-refractivity contribution in [2.24, 2.45) is 0 Å². The molecule has 3 N–H and O–H groups in total. The number of ether oxygens (including phenoxy) is 1. The third-order valence-electron chi connectivity index (χ3n) is 6.91. The van der Waals surface area contributed by atoms with Gasteiger partial charge >= 0.3 is 0 Å². The van der Waals surface area contributed by atoms with E-state index >= 15 is 4.39 Å². The molecule has 6 nitrogen and oxygen atoms in total. The second-order valence-corrected chi connectivity index (χ2v) is 9.39. The molecule has 186 valence electrons. The fourth-order valence-corrected chi connectivity index (χ4v) is 5.12. The van der Waals surface area contributed by atoms with Gasteiger partial charge in [-0.3, -0.25) is 0 Å². The molecule has 2 aliphatic rings. The maximum Gasteiger partial charge on any atom is 0.298 e. The van der Waals surface area contributed by atoms with Crippen LogP contribution in [0.5, 0.6) is 0 Å². The van der Waals surface area contributed by atoms with Crippen molar-refractivity contribution in [1.29, 1.82) is 0 Å². The number of aliphatic hydroxyl groups is 1. The van der Waals surface area contributed by atoms with Gasteiger partial charge in [-0.25, -0.2) is 14.4 Å². The van der Waals surface area contributed by atoms with Crippen LogP contribution in [0.3, 0.4) is 0 Å². The Hall–Kier alpha value is -2.91. The van der Waals surface area contributed by atoms with Gasteiger partial charge in [0.2, 0.25) is 0 Å². The Bertz CT molecular complexity index is 1260. The summed E-state index contributed by atoms with van der Waals surface area (Å²) in [4.78, 5) is 9.33. The number of halogens is 3. The van der Waals surface area contributed by atoms with Crippen LogP contribution in [0.1, 0.15) is 53.9 Å². The summed E-state index contributed by atoms with van der Waals surface area (Å²) in [6.45, 7) is 3.44. The van der Waals surface area contributed by atoms with E-state index in [0.717, 1.165) is 54.9 Å². The smallest absolute Gasteiger partial charge is 0.298 e. The van der Waals surface area contributed by atoms with Gasteiger partial charge in [-0.15, -0.1) is 0 Å². The minimum atomic E-state index is -3.66. The Kier molecular flexibility index (Phi) is 6.31. The molecule has 0 amide bonds. The summed E-state index contributed by atoms with van der Waals surface area (Å²) in [6.07, 6.45) is 3.87. The van der Waals surface area contributed by atoms with E-state index in [1.807, 2.05) is 13.0 Å². The topological polar surface area (TPSA) is 79.3 Å². The molecule has 35 heavy (non-hydrogen) atoms. The van der Waals surface area contributed by atoms with E-state index in [1.54, 1.807) is 6.92 Å². The second kappa shape index (κ2) is 9.28. The maximum absolute atomic E-state index is 15.1. The maximum atomic E-state index is 15.1. The number of hydrogen-bond acceptors (Lipinski definition) is 6. The largest absolute Gasteiger partial charge is 0.390 e. The van der Waals surface area contributed by atoms with Crippen molar-refractivity contribution in [2.75, 3.05) is 30.5 Å². The number of nitrogens with one attached hydrogen (secondary N) is 2. The first-order valence-electron chi connectivity index (χ1n) is 12.0. The lowest BCUT2D eigenvalue weighted by Crippen LogP contribution is -2.22. The fourth-order valence-electron chi connectivity index (χ4n) is 5.12. The third-order valence-corrected chi connectivity index (χ3v) is 6.91. The molecule has 1 fully saturated rings. The summed E-state index contributed by atoms with van der Waals surface area (Å²) in [7, 11) is 0. The van der Waals surface area contributed by atoms with Crippen molar-refractivity contribution in [2.45, 2.75) is 57.5 Å². The van der Waals surface area contributed by atoms with Crippen molar-refractivity contribution >= 4 is 22.4 Å². The van der Waals surface area contributed by atoms with Gasteiger partial charge in [0.15, 0.2) is 0 Å². The first-order chi connectivity index (χ1) is 16.8. The van der Waals surface area contributed by atoms with Crippen LogP contribution in [0.2, 0.25) is 0 Å². The highest BCUT2D eigenvalue weighted by Gasteiger charge is 2.35. The zero-order valence-electron chi connectivity index (χ0n) is 19.8. The van der Waals surface area contributed by atoms with E-state index in [4.69, 9.17) is 14.8 Å². The molecule has 1 aromatic heterocycles. The van der Waals surface area contributed by atoms with Gasteiger partial charge in [-0.2, -0.15) is 8.78 Å². The van der Waals surface area contributed by atoms with Gasteiger partial charge in [0, 0.05) is 23.2 Å². The molecule has 3 aromatic rings. The van der Waals surface area contributed by atoms with Crippen LogP contribution in [0, 0.1) is 12.7 Å². The highest BCUT2D eigenvalue weighted by atomic mass is 19.3. The van der Waals surface area contributed by atoms with E-state index < -0.39 is 30.0 Å². The van der Waals surface area contributed by atoms with Crippen LogP contribution in [-0.2, 0) is 23.5 Å². The van der Waals surface area contributed by atoms with Gasteiger partial charge in [-0.1, -0.05) is 12.1 Å². The number of nitrogens with zero attached hydrogens (tertiary/aromatic N) is 2. The number of fused-ring (bicyclic) bond motifs is 3. The van der Waals surface area contributed by atoms with Crippen LogP contribution >= 0.6 is 0 Å². The molecule has 5 rings (SSSR count). The number of anilines is 2. The van der Waals surface area contributed by atoms with Crippen molar-refractivity contribution in [3.8, 4) is 0 Å². The van der Waals surface area contributed by atoms with Crippen molar-refractivity contribution in [3.05, 3.63) is 58.2 Å². The molecule has 1 unspecified atom stereocenters. The predicted molar refractivity (Wildman–Crippen MR) is 129 cm³/mol. The number of benzene rings is 2. The Labute approximate surface area is 201 Å². The van der Waals surface area contributed by atoms with E-state index in [0.29, 0.717) is 18.2 Å². The second-order valence-electron chi connectivity index (χ2n) is 9.39. The number of aromatic nitrogens is 2. The lowest BCUT2D eigenvalue weighted by atomic mass is 9.99. The Morgan fingerprint density at radius 3 is 2.77 bits per heavy atom. The first kappa shape index (κ1) is 23.8. The zero-order valence-corrected chi connectivity index (χ0v) is 19.8. The monoisotopic (exact) mass is 486 g/mol. The Morgan fingerprint density at radius 1 is 1.23 bits per heavy atom. The van der Waals surface area contributed by atoms with Crippen molar-refractivity contribution < 1.29 is 23.0 Å². The molecule has 2 atom stereocenters. The lowest BCUT2D eigenvalue weighted by Gasteiger charge is -2.22. The van der Waals surface area contributed by atoms with Crippen LogP contribution in [0.4, 0.5) is 24.7 Å². The van der Waals surface area contributed by atoms with Gasteiger partial charge < -0.3 is 20.5 Å². The van der Waals surface area contributed by atoms with Gasteiger partial charge in [-0.05, 0) is 62.8 Å². The van der Waals surface area contributed by atoms with Crippen LogP contribution < -0.4 is 10.6 Å². The number of alkyl halides is 2. The average Bonchev–Trinajstić information content (AvgIpc) is 3.52. The molecule has 0 spiro atoms. The molecule has 9 heteroatoms. The minimum absolute atomic E-state index is 0.0719. The molecule has 1 saturated heterocycles. The number of rotatable bonds is 7. The quantitative estimate of drug-likeness (QED) is 0.435. The predicted octanol–water partition coefficient (Wildman–Crippen LogP) is 5.02. The average molecular weight is 487 g/mol. The molecule has 2 aromatic carbocycles. The van der Waals surface area contributed by atoms with Gasteiger partial charge in [0.1, 0.15) is 24.1 Å². The summed E-state index contributed by atoms with van der Waals surface area (Å²) in [5, 5.41) is 16.7. The van der Waals surface area contributed by atoms with Crippen LogP contribution in [0.15, 0.2) is 24.3 Å². The minimum Gasteiger partial charge on any atom is -0.390 e. The molecule has 0 bridgehead atoms. The SMILES string of the molecule is Cc1nc(N[C@H](C)c2cccc(C(F)(F)CO)c2F)c2cc(NC3CCOC3)c3c(c2n1)CCC3. The van der Waals surface area contributed by atoms with Crippen molar-refractivity contribution in [3.63, 3.8) is 0 Å². The van der Waals surface area contributed by atoms with E-state index in [2.05, 4.69) is 15.6 Å². The highest BCUT2D eigenvalue weighted by molar-refractivity contribution is 5.96. The summed E-state index contributed by atoms with van der Waals surface area (Å²) >= 11 is 0. The Balaban J connectivity index is 1.55. The summed E-state index contributed by atoms with van der Waals surface area (Å²) in [6, 6.07) is 5.46. The molecule has 0 saturated carbocycles. The Morgan fingerprint density at radius 2 is 2.03 bits per heavy atom. The summed E-state index contributed by atoms with van der Waals surface area (Å²) in [5.41, 5.74) is 3.63. The number of hydrogen-bond donors (Lipinski definition) is 3. The fraction of sp³-hybridized carbons (Fsp3) is 0.462. The lowest BCUT2D eigenvalue weighted by molar-refractivity contribution is -0.0583. The van der Waals surface area contributed by atoms with Crippen LogP contribution in [-0.4, -0.2) is 40.9 Å². The van der Waals surface area contributed by atoms with E-state index in [9.17, 15) is 8.78 Å². The van der Waals surface area contributed by atoms with E-state index in [1.165, 1.54) is 23.3 Å². The molecule has 0 radical (unpaired) electrons. The first-order valence-corrected chi connectivity index (χ1v) is 12.0. The van der Waals surface area contributed by atoms with Crippen LogP contribution in [0.25, 0.3) is 10.9 Å². The molecular formula is C26H29F3N4O2. The van der Waals surface area contributed by atoms with Gasteiger partial charge in [0.05, 0.1) is 29.8 Å². The highest BCUT2D eigenvalue weighted by Crippen LogP contribution is 2.39. The summed E-state index contributed by atoms with van der Waals surface area (Å²) in [5.74, 6) is -3.60. The number of aliphatic hydroxyl groups excluding tert-OH is 1. The summed E-state index contributed by atoms with van der Waals surface area (Å²) < 4.78 is 48.8. The third kappa shape index (κ3) is 4.43. The van der Waals surface area contributed by atoms with E-state index in [-0.39, 0.29) is 11.6 Å². The molecule has 1 aliphatic heterocycles. The molecule has 1 aliphatic carbocycles. The van der Waals surface area contributed by atoms with Crippen molar-refractivity contribution in [1.82, 2.24) is 9.97 Å². The molecule has 2 heterocycles. The normalized spacial score (nSPS) is 18.6. The number of aryl methyl sites for hydroxylation is 2. The molecular weight excluding hydrogens is 457 g/mol. The zero-order chi connectivity index (χ0) is 24.7. The standard InChI is InChI=1S/C26H29F3N4O2/c1-14(17-5-4-8-21(23(17)27)26(28,29)13-34)30-25-20-11-22(33-16-9-10-35-12-16)18-6-3-7-19(18)24(20)31-15(2)32-25/h4-5,8,11,14,16,33-34H,3,6-7,9-10,12-13H2,1-2H3,(H,30,31,32)/t14-,16?/m1/s1.